The number of aryl methyl sites for hydroxylation is 1. The molecule has 0 radical (unpaired) electrons. The Hall–Kier alpha value is -3.02. The number of halogens is 1. The smallest absolute Gasteiger partial charge is 0.126 e. The van der Waals surface area contributed by atoms with Crippen LogP contribution in [0.5, 0.6) is 0 Å². The number of rotatable bonds is 6. The van der Waals surface area contributed by atoms with Crippen molar-refractivity contribution in [2.75, 3.05) is 11.5 Å². The van der Waals surface area contributed by atoms with E-state index in [0.717, 1.165) is 5.56 Å². The first-order valence-electron chi connectivity index (χ1n) is 8.03. The Morgan fingerprint density at radius 2 is 2.04 bits per heavy atom. The number of nitrogens with two attached hydrogens (primary N) is 2. The van der Waals surface area contributed by atoms with Crippen molar-refractivity contribution >= 4 is 17.1 Å². The molecule has 0 spiro atoms. The highest BCUT2D eigenvalue weighted by Crippen LogP contribution is 2.21. The number of allylic oxidation sites excluding steroid dienone is 1. The van der Waals surface area contributed by atoms with Crippen LogP contribution in [-0.4, -0.2) is 10.7 Å². The number of hydrogen-bond donors (Lipinski definition) is 4. The average molecular weight is 343 g/mol. The van der Waals surface area contributed by atoms with Gasteiger partial charge in [-0.2, -0.15) is 0 Å². The van der Waals surface area contributed by atoms with E-state index in [0.29, 0.717) is 40.6 Å². The average Bonchev–Trinajstić information content (AvgIpc) is 2.94. The van der Waals surface area contributed by atoms with E-state index >= 15 is 0 Å². The molecule has 1 aromatic heterocycles. The second kappa shape index (κ2) is 9.32. The Kier molecular flexibility index (Phi) is 7.46. The SMILES string of the molecule is C=CN=C(C(=C)NCc1ccc(F)c(C)c1)c1[nH]cc(N)c1N.CC. The third-order valence-corrected chi connectivity index (χ3v) is 3.42. The number of nitrogen functional groups attached to an aromatic ring is 2. The Morgan fingerprint density at radius 3 is 2.56 bits per heavy atom. The molecule has 0 bridgehead atoms. The first-order chi connectivity index (χ1) is 11.9. The number of aromatic nitrogens is 1. The highest BCUT2D eigenvalue weighted by Gasteiger charge is 2.14. The number of hydrogen-bond acceptors (Lipinski definition) is 4. The minimum atomic E-state index is -0.226. The third-order valence-electron chi connectivity index (χ3n) is 3.42. The number of nitrogens with zero attached hydrogens (tertiary/aromatic N) is 1. The molecule has 6 N–H and O–H groups in total. The van der Waals surface area contributed by atoms with Gasteiger partial charge in [-0.25, -0.2) is 4.39 Å². The number of benzene rings is 1. The van der Waals surface area contributed by atoms with Crippen molar-refractivity contribution in [3.63, 3.8) is 0 Å². The fraction of sp³-hybridized carbons (Fsp3) is 0.211. The molecule has 1 heterocycles. The number of H-pyrrole nitrogens is 1. The lowest BCUT2D eigenvalue weighted by atomic mass is 10.1. The van der Waals surface area contributed by atoms with Gasteiger partial charge in [-0.05, 0) is 24.1 Å². The van der Waals surface area contributed by atoms with Crippen molar-refractivity contribution in [1.82, 2.24) is 10.3 Å². The van der Waals surface area contributed by atoms with Gasteiger partial charge in [-0.3, -0.25) is 4.99 Å². The third kappa shape index (κ3) is 4.97. The molecular weight excluding hydrogens is 317 g/mol. The Bertz CT molecular complexity index is 774. The van der Waals surface area contributed by atoms with E-state index < -0.39 is 0 Å². The minimum Gasteiger partial charge on any atom is -0.396 e. The predicted octanol–water partition coefficient (Wildman–Crippen LogP) is 3.89. The summed E-state index contributed by atoms with van der Waals surface area (Å²) in [6.07, 6.45) is 3.00. The number of aromatic amines is 1. The van der Waals surface area contributed by atoms with Crippen molar-refractivity contribution in [3.05, 3.63) is 72.1 Å². The maximum atomic E-state index is 13.3. The molecule has 1 aromatic carbocycles. The highest BCUT2D eigenvalue weighted by molar-refractivity contribution is 6.15. The summed E-state index contributed by atoms with van der Waals surface area (Å²) in [6.45, 7) is 13.8. The fourth-order valence-corrected chi connectivity index (χ4v) is 2.14. The quantitative estimate of drug-likeness (QED) is 0.600. The molecule has 25 heavy (non-hydrogen) atoms. The zero-order valence-electron chi connectivity index (χ0n) is 15.0. The van der Waals surface area contributed by atoms with Gasteiger partial charge in [-0.15, -0.1) is 0 Å². The van der Waals surface area contributed by atoms with Gasteiger partial charge in [0.05, 0.1) is 22.8 Å². The largest absolute Gasteiger partial charge is 0.396 e. The maximum absolute atomic E-state index is 13.3. The summed E-state index contributed by atoms with van der Waals surface area (Å²) in [5.74, 6) is -0.226. The number of aliphatic imine (C=N–C) groups is 1. The van der Waals surface area contributed by atoms with Gasteiger partial charge in [0.1, 0.15) is 11.5 Å². The summed E-state index contributed by atoms with van der Waals surface area (Å²) in [5, 5.41) is 3.15. The highest BCUT2D eigenvalue weighted by atomic mass is 19.1. The van der Waals surface area contributed by atoms with Gasteiger partial charge in [0.25, 0.3) is 0 Å². The molecule has 0 aliphatic heterocycles. The normalized spacial score (nSPS) is 10.6. The van der Waals surface area contributed by atoms with Gasteiger partial charge in [0, 0.05) is 18.9 Å². The molecule has 2 rings (SSSR count). The maximum Gasteiger partial charge on any atom is 0.126 e. The summed E-state index contributed by atoms with van der Waals surface area (Å²) < 4.78 is 13.3. The minimum absolute atomic E-state index is 0.226. The molecule has 0 saturated carbocycles. The van der Waals surface area contributed by atoms with Crippen molar-refractivity contribution in [2.45, 2.75) is 27.3 Å². The van der Waals surface area contributed by atoms with Crippen LogP contribution in [0.1, 0.15) is 30.7 Å². The van der Waals surface area contributed by atoms with Gasteiger partial charge in [0.15, 0.2) is 0 Å². The van der Waals surface area contributed by atoms with E-state index in [-0.39, 0.29) is 5.82 Å². The zero-order chi connectivity index (χ0) is 19.0. The van der Waals surface area contributed by atoms with E-state index in [4.69, 9.17) is 11.5 Å². The molecule has 6 heteroatoms. The Labute approximate surface area is 148 Å². The molecule has 0 saturated heterocycles. The van der Waals surface area contributed by atoms with Gasteiger partial charge in [-0.1, -0.05) is 39.1 Å². The standard InChI is InChI=1S/C17H20FN5.C2H6/c1-4-21-16(17-15(20)14(19)9-23-17)11(3)22-8-12-5-6-13(18)10(2)7-12;1-2/h4-7,9,22-23H,1,3,8,19-20H2,2H3;1-2H3. The lowest BCUT2D eigenvalue weighted by molar-refractivity contribution is 0.617. The first-order valence-corrected chi connectivity index (χ1v) is 8.03. The van der Waals surface area contributed by atoms with E-state index in [1.165, 1.54) is 12.3 Å². The molecule has 134 valence electrons. The molecule has 0 fully saturated rings. The van der Waals surface area contributed by atoms with Crippen LogP contribution in [0.4, 0.5) is 15.8 Å². The molecular formula is C19H26FN5. The van der Waals surface area contributed by atoms with E-state index in [9.17, 15) is 4.39 Å². The van der Waals surface area contributed by atoms with Crippen LogP contribution < -0.4 is 16.8 Å². The van der Waals surface area contributed by atoms with Crippen LogP contribution >= 0.6 is 0 Å². The van der Waals surface area contributed by atoms with Crippen LogP contribution in [0.2, 0.25) is 0 Å². The summed E-state index contributed by atoms with van der Waals surface area (Å²) in [5.41, 5.74) is 15.7. The monoisotopic (exact) mass is 343 g/mol. The van der Waals surface area contributed by atoms with Crippen molar-refractivity contribution in [1.29, 1.82) is 0 Å². The Balaban J connectivity index is 0.00000151. The molecule has 2 aromatic rings. The summed E-state index contributed by atoms with van der Waals surface area (Å²) in [6, 6.07) is 4.94. The molecule has 5 nitrogen and oxygen atoms in total. The van der Waals surface area contributed by atoms with Gasteiger partial charge >= 0.3 is 0 Å². The van der Waals surface area contributed by atoms with E-state index in [1.807, 2.05) is 13.8 Å². The van der Waals surface area contributed by atoms with Gasteiger partial charge < -0.3 is 21.8 Å². The molecule has 0 aliphatic carbocycles. The van der Waals surface area contributed by atoms with E-state index in [2.05, 4.69) is 28.5 Å². The topological polar surface area (TPSA) is 92.2 Å². The summed E-state index contributed by atoms with van der Waals surface area (Å²) in [4.78, 5) is 7.18. The lowest BCUT2D eigenvalue weighted by Gasteiger charge is -2.12. The molecule has 0 amide bonds. The Morgan fingerprint density at radius 1 is 1.36 bits per heavy atom. The van der Waals surface area contributed by atoms with Crippen LogP contribution in [0, 0.1) is 12.7 Å². The molecule has 0 aliphatic rings. The van der Waals surface area contributed by atoms with Gasteiger partial charge in [0.2, 0.25) is 0 Å². The van der Waals surface area contributed by atoms with Crippen LogP contribution in [0.3, 0.4) is 0 Å². The second-order valence-corrected chi connectivity index (χ2v) is 5.11. The fourth-order valence-electron chi connectivity index (χ4n) is 2.14. The zero-order valence-corrected chi connectivity index (χ0v) is 15.0. The summed E-state index contributed by atoms with van der Waals surface area (Å²) >= 11 is 0. The van der Waals surface area contributed by atoms with Crippen LogP contribution in [-0.2, 0) is 6.54 Å². The number of nitrogens with one attached hydrogen (secondary N) is 2. The van der Waals surface area contributed by atoms with Crippen LogP contribution in [0.25, 0.3) is 0 Å². The predicted molar refractivity (Wildman–Crippen MR) is 105 cm³/mol. The molecule has 0 unspecified atom stereocenters. The molecule has 0 atom stereocenters. The van der Waals surface area contributed by atoms with Crippen LogP contribution in [0.15, 0.2) is 54.4 Å². The lowest BCUT2D eigenvalue weighted by Crippen LogP contribution is -2.21. The summed E-state index contributed by atoms with van der Waals surface area (Å²) in [7, 11) is 0. The number of anilines is 2. The second-order valence-electron chi connectivity index (χ2n) is 5.11. The van der Waals surface area contributed by atoms with Crippen molar-refractivity contribution < 1.29 is 4.39 Å². The first kappa shape index (κ1) is 20.0. The van der Waals surface area contributed by atoms with Crippen molar-refractivity contribution in [2.24, 2.45) is 4.99 Å². The van der Waals surface area contributed by atoms with Crippen molar-refractivity contribution in [3.8, 4) is 0 Å². The van der Waals surface area contributed by atoms with E-state index in [1.54, 1.807) is 25.3 Å².